The van der Waals surface area contributed by atoms with E-state index < -0.39 is 0 Å². The quantitative estimate of drug-likeness (QED) is 0.882. The average Bonchev–Trinajstić information content (AvgIpc) is 3.26. The van der Waals surface area contributed by atoms with Crippen LogP contribution in [0.15, 0.2) is 42.5 Å². The molecule has 27 heavy (non-hydrogen) atoms. The van der Waals surface area contributed by atoms with Gasteiger partial charge in [-0.25, -0.2) is 0 Å². The van der Waals surface area contributed by atoms with Gasteiger partial charge in [0.1, 0.15) is 0 Å². The minimum atomic E-state index is -0.00561. The van der Waals surface area contributed by atoms with Crippen molar-refractivity contribution in [3.05, 3.63) is 53.6 Å². The number of nitrogens with one attached hydrogen (secondary N) is 1. The van der Waals surface area contributed by atoms with E-state index in [9.17, 15) is 4.79 Å². The molecule has 2 aliphatic rings. The molecule has 0 aliphatic carbocycles. The van der Waals surface area contributed by atoms with Crippen LogP contribution in [0.3, 0.4) is 0 Å². The average molecular weight is 366 g/mol. The molecule has 2 aliphatic heterocycles. The summed E-state index contributed by atoms with van der Waals surface area (Å²) in [6, 6.07) is 13.9. The van der Waals surface area contributed by atoms with Crippen LogP contribution >= 0.6 is 0 Å². The fourth-order valence-electron chi connectivity index (χ4n) is 3.98. The molecule has 1 amide bonds. The molecule has 0 unspecified atom stereocenters. The molecule has 142 valence electrons. The maximum absolute atomic E-state index is 12.8. The third kappa shape index (κ3) is 3.72. The summed E-state index contributed by atoms with van der Waals surface area (Å²) in [5.41, 5.74) is 2.94. The van der Waals surface area contributed by atoms with Crippen molar-refractivity contribution in [2.75, 3.05) is 38.3 Å². The van der Waals surface area contributed by atoms with E-state index in [2.05, 4.69) is 16.3 Å². The number of carbonyl (C=O) groups excluding carboxylic acids is 1. The van der Waals surface area contributed by atoms with Gasteiger partial charge in [0.05, 0.1) is 19.3 Å². The third-order valence-electron chi connectivity index (χ3n) is 5.40. The van der Waals surface area contributed by atoms with Crippen molar-refractivity contribution in [2.24, 2.45) is 5.92 Å². The van der Waals surface area contributed by atoms with Crippen LogP contribution < -0.4 is 19.7 Å². The summed E-state index contributed by atoms with van der Waals surface area (Å²) in [6.45, 7) is 3.24. The molecular formula is C22H26N2O3. The Bertz CT molecular complexity index is 815. The molecular weight excluding hydrogens is 340 g/mol. The first-order valence-corrected chi connectivity index (χ1v) is 9.67. The number of rotatable bonds is 5. The molecule has 5 nitrogen and oxygen atoms in total. The van der Waals surface area contributed by atoms with Gasteiger partial charge in [-0.15, -0.1) is 0 Å². The Morgan fingerprint density at radius 2 is 2.00 bits per heavy atom. The first-order valence-electron chi connectivity index (χ1n) is 9.67. The highest BCUT2D eigenvalue weighted by Crippen LogP contribution is 2.35. The first kappa shape index (κ1) is 17.7. The van der Waals surface area contributed by atoms with E-state index in [0.717, 1.165) is 47.8 Å². The highest BCUT2D eigenvalue weighted by atomic mass is 16.5. The number of hydrogen-bond acceptors (Lipinski definition) is 4. The van der Waals surface area contributed by atoms with Gasteiger partial charge in [0, 0.05) is 31.2 Å². The number of carbonyl (C=O) groups is 1. The Hall–Kier alpha value is -2.69. The standard InChI is InChI=1S/C22H26N2O3/c1-26-20-10-6-7-17-13-16(15-27-21(17)20)14-23-22(25)18-8-2-3-9-19(18)24-11-4-5-12-24/h2-3,6-10,16H,4-5,11-15H2,1H3,(H,23,25)/t16-/m1/s1. The molecule has 2 aromatic rings. The number of anilines is 1. The predicted molar refractivity (Wildman–Crippen MR) is 106 cm³/mol. The van der Waals surface area contributed by atoms with E-state index in [4.69, 9.17) is 9.47 Å². The number of amides is 1. The molecule has 1 N–H and O–H groups in total. The number of hydrogen-bond donors (Lipinski definition) is 1. The molecule has 4 rings (SSSR count). The molecule has 0 spiro atoms. The predicted octanol–water partition coefficient (Wildman–Crippen LogP) is 3.28. The van der Waals surface area contributed by atoms with E-state index in [1.165, 1.54) is 12.8 Å². The Balaban J connectivity index is 1.40. The van der Waals surface area contributed by atoms with E-state index in [0.29, 0.717) is 13.2 Å². The number of methoxy groups -OCH3 is 1. The van der Waals surface area contributed by atoms with Gasteiger partial charge in [-0.05, 0) is 43.0 Å². The Kier molecular flexibility index (Phi) is 5.19. The van der Waals surface area contributed by atoms with Crippen molar-refractivity contribution < 1.29 is 14.3 Å². The SMILES string of the molecule is COc1cccc2c1OC[C@@H](CNC(=O)c1ccccc1N1CCCC1)C2. The van der Waals surface area contributed by atoms with Crippen molar-refractivity contribution in [2.45, 2.75) is 19.3 Å². The number of benzene rings is 2. The molecule has 1 atom stereocenters. The first-order chi connectivity index (χ1) is 13.3. The van der Waals surface area contributed by atoms with Crippen LogP contribution in [0, 0.1) is 5.92 Å². The van der Waals surface area contributed by atoms with Crippen molar-refractivity contribution in [3.8, 4) is 11.5 Å². The smallest absolute Gasteiger partial charge is 0.253 e. The van der Waals surface area contributed by atoms with E-state index in [1.807, 2.05) is 36.4 Å². The monoisotopic (exact) mass is 366 g/mol. The van der Waals surface area contributed by atoms with Gasteiger partial charge < -0.3 is 19.7 Å². The lowest BCUT2D eigenvalue weighted by atomic mass is 9.96. The Morgan fingerprint density at radius 1 is 1.19 bits per heavy atom. The molecule has 1 fully saturated rings. The molecule has 2 heterocycles. The van der Waals surface area contributed by atoms with Crippen LogP contribution in [0.2, 0.25) is 0 Å². The summed E-state index contributed by atoms with van der Waals surface area (Å²) >= 11 is 0. The Labute approximate surface area is 160 Å². The van der Waals surface area contributed by atoms with Crippen LogP contribution in [0.4, 0.5) is 5.69 Å². The summed E-state index contributed by atoms with van der Waals surface area (Å²) in [4.78, 5) is 15.1. The topological polar surface area (TPSA) is 50.8 Å². The summed E-state index contributed by atoms with van der Waals surface area (Å²) in [6.07, 6.45) is 3.26. The molecule has 5 heteroatoms. The maximum Gasteiger partial charge on any atom is 0.253 e. The van der Waals surface area contributed by atoms with Crippen LogP contribution in [-0.4, -0.2) is 39.3 Å². The second-order valence-electron chi connectivity index (χ2n) is 7.25. The molecule has 0 aromatic heterocycles. The van der Waals surface area contributed by atoms with Crippen molar-refractivity contribution in [1.82, 2.24) is 5.32 Å². The number of para-hydroxylation sites is 2. The fraction of sp³-hybridized carbons (Fsp3) is 0.409. The van der Waals surface area contributed by atoms with E-state index >= 15 is 0 Å². The van der Waals surface area contributed by atoms with E-state index in [-0.39, 0.29) is 11.8 Å². The summed E-state index contributed by atoms with van der Waals surface area (Å²) in [7, 11) is 1.66. The van der Waals surface area contributed by atoms with Crippen LogP contribution in [-0.2, 0) is 6.42 Å². The summed E-state index contributed by atoms with van der Waals surface area (Å²) in [5.74, 6) is 1.86. The van der Waals surface area contributed by atoms with Crippen molar-refractivity contribution in [1.29, 1.82) is 0 Å². The minimum Gasteiger partial charge on any atom is -0.493 e. The molecule has 2 aromatic carbocycles. The second-order valence-corrected chi connectivity index (χ2v) is 7.25. The molecule has 1 saturated heterocycles. The normalized spacial score (nSPS) is 18.6. The highest BCUT2D eigenvalue weighted by Gasteiger charge is 2.24. The van der Waals surface area contributed by atoms with Gasteiger partial charge in [0.2, 0.25) is 0 Å². The van der Waals surface area contributed by atoms with Gasteiger partial charge in [0.25, 0.3) is 5.91 Å². The summed E-state index contributed by atoms with van der Waals surface area (Å²) < 4.78 is 11.3. The third-order valence-corrected chi connectivity index (χ3v) is 5.40. The number of nitrogens with zero attached hydrogens (tertiary/aromatic N) is 1. The second kappa shape index (κ2) is 7.91. The van der Waals surface area contributed by atoms with Crippen molar-refractivity contribution in [3.63, 3.8) is 0 Å². The fourth-order valence-corrected chi connectivity index (χ4v) is 3.98. The molecule has 0 radical (unpaired) electrons. The zero-order valence-corrected chi connectivity index (χ0v) is 15.7. The van der Waals surface area contributed by atoms with E-state index in [1.54, 1.807) is 7.11 Å². The lowest BCUT2D eigenvalue weighted by Crippen LogP contribution is -2.35. The number of ether oxygens (including phenoxy) is 2. The molecule has 0 bridgehead atoms. The van der Waals surface area contributed by atoms with Crippen LogP contribution in [0.5, 0.6) is 11.5 Å². The van der Waals surface area contributed by atoms with Gasteiger partial charge in [0.15, 0.2) is 11.5 Å². The van der Waals surface area contributed by atoms with Gasteiger partial charge in [-0.2, -0.15) is 0 Å². The lowest BCUT2D eigenvalue weighted by molar-refractivity contribution is 0.0939. The minimum absolute atomic E-state index is 0.00561. The van der Waals surface area contributed by atoms with Gasteiger partial charge >= 0.3 is 0 Å². The van der Waals surface area contributed by atoms with Gasteiger partial charge in [-0.1, -0.05) is 24.3 Å². The van der Waals surface area contributed by atoms with Crippen LogP contribution in [0.1, 0.15) is 28.8 Å². The summed E-state index contributed by atoms with van der Waals surface area (Å²) in [5, 5.41) is 3.12. The zero-order chi connectivity index (χ0) is 18.6. The highest BCUT2D eigenvalue weighted by molar-refractivity contribution is 5.99. The number of fused-ring (bicyclic) bond motifs is 1. The van der Waals surface area contributed by atoms with Crippen LogP contribution in [0.25, 0.3) is 0 Å². The largest absolute Gasteiger partial charge is 0.493 e. The zero-order valence-electron chi connectivity index (χ0n) is 15.7. The van der Waals surface area contributed by atoms with Crippen molar-refractivity contribution >= 4 is 11.6 Å². The van der Waals surface area contributed by atoms with Gasteiger partial charge in [-0.3, -0.25) is 4.79 Å². The molecule has 0 saturated carbocycles. The maximum atomic E-state index is 12.8. The Morgan fingerprint density at radius 3 is 2.81 bits per heavy atom. The lowest BCUT2D eigenvalue weighted by Gasteiger charge is -2.27.